The Labute approximate surface area is 136 Å². The van der Waals surface area contributed by atoms with Gasteiger partial charge in [-0.3, -0.25) is 4.98 Å². The highest BCUT2D eigenvalue weighted by Gasteiger charge is 2.12. The zero-order chi connectivity index (χ0) is 15.9. The van der Waals surface area contributed by atoms with Crippen molar-refractivity contribution in [1.82, 2.24) is 15.0 Å². The normalized spacial score (nSPS) is 12.0. The number of aromatic nitrogens is 3. The van der Waals surface area contributed by atoms with Crippen LogP contribution >= 0.6 is 0 Å². The van der Waals surface area contributed by atoms with Crippen molar-refractivity contribution in [2.24, 2.45) is 5.73 Å². The highest BCUT2D eigenvalue weighted by atomic mass is 14.8. The molecule has 0 fully saturated rings. The number of nitrogens with two attached hydrogens (primary N) is 1. The van der Waals surface area contributed by atoms with Gasteiger partial charge in [-0.25, -0.2) is 9.97 Å². The predicted molar refractivity (Wildman–Crippen MR) is 91.8 cm³/mol. The lowest BCUT2D eigenvalue weighted by molar-refractivity contribution is 0.628. The van der Waals surface area contributed by atoms with Gasteiger partial charge in [-0.1, -0.05) is 30.3 Å². The van der Waals surface area contributed by atoms with E-state index in [-0.39, 0.29) is 0 Å². The summed E-state index contributed by atoms with van der Waals surface area (Å²) in [5.41, 5.74) is 10.5. The SMILES string of the molecule is NCCC(Cc1ccc(-c2cncnc2)cc1)c1cccnc1. The Bertz CT molecular complexity index is 711. The summed E-state index contributed by atoms with van der Waals surface area (Å²) >= 11 is 0. The molecule has 2 aromatic heterocycles. The van der Waals surface area contributed by atoms with Gasteiger partial charge in [0, 0.05) is 30.4 Å². The number of pyridine rings is 1. The molecule has 0 spiro atoms. The summed E-state index contributed by atoms with van der Waals surface area (Å²) in [4.78, 5) is 12.4. The molecular weight excluding hydrogens is 284 g/mol. The summed E-state index contributed by atoms with van der Waals surface area (Å²) in [7, 11) is 0. The van der Waals surface area contributed by atoms with Crippen LogP contribution in [0.4, 0.5) is 0 Å². The number of nitrogens with zero attached hydrogens (tertiary/aromatic N) is 3. The molecule has 0 amide bonds. The fourth-order valence-corrected chi connectivity index (χ4v) is 2.77. The van der Waals surface area contributed by atoms with Crippen molar-refractivity contribution in [3.05, 3.63) is 78.6 Å². The highest BCUT2D eigenvalue weighted by Crippen LogP contribution is 2.25. The summed E-state index contributed by atoms with van der Waals surface area (Å²) in [6.07, 6.45) is 10.9. The molecule has 0 aliphatic carbocycles. The minimum Gasteiger partial charge on any atom is -0.330 e. The standard InChI is InChI=1S/C19H20N4/c20-8-7-17(18-2-1-9-21-11-18)10-15-3-5-16(6-4-15)19-12-22-14-23-13-19/h1-6,9,11-14,17H,7-8,10,20H2. The van der Waals surface area contributed by atoms with E-state index >= 15 is 0 Å². The molecule has 1 unspecified atom stereocenters. The lowest BCUT2D eigenvalue weighted by atomic mass is 9.90. The van der Waals surface area contributed by atoms with Crippen LogP contribution in [0.2, 0.25) is 0 Å². The van der Waals surface area contributed by atoms with Crippen LogP contribution in [0.5, 0.6) is 0 Å². The van der Waals surface area contributed by atoms with Crippen LogP contribution < -0.4 is 5.73 Å². The van der Waals surface area contributed by atoms with Crippen LogP contribution in [0.1, 0.15) is 23.5 Å². The molecule has 4 heteroatoms. The van der Waals surface area contributed by atoms with E-state index in [2.05, 4.69) is 45.3 Å². The molecular formula is C19H20N4. The van der Waals surface area contributed by atoms with Crippen molar-refractivity contribution in [3.63, 3.8) is 0 Å². The highest BCUT2D eigenvalue weighted by molar-refractivity contribution is 5.61. The molecule has 0 radical (unpaired) electrons. The first-order valence-corrected chi connectivity index (χ1v) is 7.81. The third kappa shape index (κ3) is 3.99. The Morgan fingerprint density at radius 2 is 1.65 bits per heavy atom. The largest absolute Gasteiger partial charge is 0.330 e. The van der Waals surface area contributed by atoms with Crippen LogP contribution in [-0.2, 0) is 6.42 Å². The summed E-state index contributed by atoms with van der Waals surface area (Å²) < 4.78 is 0. The summed E-state index contributed by atoms with van der Waals surface area (Å²) in [5, 5.41) is 0. The van der Waals surface area contributed by atoms with Crippen LogP contribution in [0.3, 0.4) is 0 Å². The second-order valence-corrected chi connectivity index (χ2v) is 5.59. The van der Waals surface area contributed by atoms with Crippen molar-refractivity contribution in [2.45, 2.75) is 18.8 Å². The summed E-state index contributed by atoms with van der Waals surface area (Å²) in [6.45, 7) is 0.680. The average molecular weight is 304 g/mol. The monoisotopic (exact) mass is 304 g/mol. The maximum Gasteiger partial charge on any atom is 0.115 e. The van der Waals surface area contributed by atoms with Gasteiger partial charge in [-0.2, -0.15) is 0 Å². The molecule has 2 N–H and O–H groups in total. The molecule has 0 aliphatic heterocycles. The van der Waals surface area contributed by atoms with Crippen molar-refractivity contribution < 1.29 is 0 Å². The predicted octanol–water partition coefficient (Wildman–Crippen LogP) is 3.21. The lowest BCUT2D eigenvalue weighted by Gasteiger charge is -2.16. The van der Waals surface area contributed by atoms with Gasteiger partial charge in [-0.15, -0.1) is 0 Å². The molecule has 2 heterocycles. The summed E-state index contributed by atoms with van der Waals surface area (Å²) in [6, 6.07) is 12.7. The van der Waals surface area contributed by atoms with Gasteiger partial charge < -0.3 is 5.73 Å². The van der Waals surface area contributed by atoms with Crippen LogP contribution in [0.25, 0.3) is 11.1 Å². The van der Waals surface area contributed by atoms with Crippen molar-refractivity contribution in [1.29, 1.82) is 0 Å². The van der Waals surface area contributed by atoms with E-state index in [9.17, 15) is 0 Å². The van der Waals surface area contributed by atoms with Gasteiger partial charge in [0.25, 0.3) is 0 Å². The van der Waals surface area contributed by atoms with E-state index in [0.717, 1.165) is 24.0 Å². The van der Waals surface area contributed by atoms with Crippen LogP contribution in [-0.4, -0.2) is 21.5 Å². The fraction of sp³-hybridized carbons (Fsp3) is 0.211. The van der Waals surface area contributed by atoms with Crippen LogP contribution in [0.15, 0.2) is 67.5 Å². The van der Waals surface area contributed by atoms with Gasteiger partial charge in [0.05, 0.1) is 0 Å². The number of hydrogen-bond acceptors (Lipinski definition) is 4. The lowest BCUT2D eigenvalue weighted by Crippen LogP contribution is -2.10. The summed E-state index contributed by atoms with van der Waals surface area (Å²) in [5.74, 6) is 0.402. The molecule has 0 saturated carbocycles. The Hall–Kier alpha value is -2.59. The van der Waals surface area contributed by atoms with Crippen molar-refractivity contribution in [2.75, 3.05) is 6.54 Å². The topological polar surface area (TPSA) is 64.7 Å². The van der Waals surface area contributed by atoms with E-state index in [1.807, 2.05) is 24.7 Å². The second kappa shape index (κ2) is 7.61. The Kier molecular flexibility index (Phi) is 5.06. The minimum absolute atomic E-state index is 0.402. The smallest absolute Gasteiger partial charge is 0.115 e. The minimum atomic E-state index is 0.402. The van der Waals surface area contributed by atoms with Crippen LogP contribution in [0, 0.1) is 0 Å². The molecule has 1 aromatic carbocycles. The maximum absolute atomic E-state index is 5.79. The van der Waals surface area contributed by atoms with Gasteiger partial charge in [0.15, 0.2) is 0 Å². The van der Waals surface area contributed by atoms with E-state index in [1.165, 1.54) is 11.1 Å². The first kappa shape index (κ1) is 15.3. The number of benzene rings is 1. The third-order valence-corrected chi connectivity index (χ3v) is 4.00. The Morgan fingerprint density at radius 3 is 2.30 bits per heavy atom. The van der Waals surface area contributed by atoms with E-state index in [4.69, 9.17) is 5.73 Å². The zero-order valence-electron chi connectivity index (χ0n) is 13.0. The second-order valence-electron chi connectivity index (χ2n) is 5.59. The Balaban J connectivity index is 1.76. The molecule has 4 nitrogen and oxygen atoms in total. The van der Waals surface area contributed by atoms with E-state index < -0.39 is 0 Å². The third-order valence-electron chi connectivity index (χ3n) is 4.00. The molecule has 23 heavy (non-hydrogen) atoms. The fourth-order valence-electron chi connectivity index (χ4n) is 2.77. The molecule has 3 aromatic rings. The molecule has 0 bridgehead atoms. The first-order chi connectivity index (χ1) is 11.4. The molecule has 0 saturated heterocycles. The molecule has 0 aliphatic rings. The Morgan fingerprint density at radius 1 is 0.870 bits per heavy atom. The molecule has 116 valence electrons. The van der Waals surface area contributed by atoms with Gasteiger partial charge in [0.2, 0.25) is 0 Å². The van der Waals surface area contributed by atoms with Gasteiger partial charge in [0.1, 0.15) is 6.33 Å². The molecule has 1 atom stereocenters. The zero-order valence-corrected chi connectivity index (χ0v) is 13.0. The maximum atomic E-state index is 5.79. The quantitative estimate of drug-likeness (QED) is 0.759. The number of hydrogen-bond donors (Lipinski definition) is 1. The van der Waals surface area contributed by atoms with E-state index in [0.29, 0.717) is 12.5 Å². The van der Waals surface area contributed by atoms with Gasteiger partial charge in [-0.05, 0) is 48.1 Å². The van der Waals surface area contributed by atoms with Gasteiger partial charge >= 0.3 is 0 Å². The van der Waals surface area contributed by atoms with Crippen molar-refractivity contribution in [3.8, 4) is 11.1 Å². The first-order valence-electron chi connectivity index (χ1n) is 7.81. The van der Waals surface area contributed by atoms with Crippen molar-refractivity contribution >= 4 is 0 Å². The average Bonchev–Trinajstić information content (AvgIpc) is 2.63. The van der Waals surface area contributed by atoms with E-state index in [1.54, 1.807) is 12.5 Å². The molecule has 3 rings (SSSR count). The number of rotatable bonds is 6.